The Balaban J connectivity index is 2.00. The van der Waals surface area contributed by atoms with Gasteiger partial charge in [-0.3, -0.25) is 0 Å². The lowest BCUT2D eigenvalue weighted by atomic mass is 10.0. The van der Waals surface area contributed by atoms with E-state index in [4.69, 9.17) is 5.73 Å². The van der Waals surface area contributed by atoms with E-state index >= 15 is 0 Å². The van der Waals surface area contributed by atoms with E-state index in [1.54, 1.807) is 23.0 Å². The van der Waals surface area contributed by atoms with Crippen LogP contribution in [-0.2, 0) is 13.5 Å². The molecule has 1 heterocycles. The number of hydrogen-bond acceptors (Lipinski definition) is 3. The maximum absolute atomic E-state index is 12.0. The van der Waals surface area contributed by atoms with Gasteiger partial charge in [-0.2, -0.15) is 0 Å². The highest BCUT2D eigenvalue weighted by Gasteiger charge is 2.30. The molecule has 0 radical (unpaired) electrons. The van der Waals surface area contributed by atoms with Gasteiger partial charge in [-0.1, -0.05) is 12.1 Å². The largest absolute Gasteiger partial charge is 0.573 e. The first kappa shape index (κ1) is 14.4. The van der Waals surface area contributed by atoms with Crippen LogP contribution >= 0.6 is 0 Å². The van der Waals surface area contributed by atoms with Gasteiger partial charge in [0.05, 0.1) is 18.1 Å². The predicted octanol–water partition coefficient (Wildman–Crippen LogP) is 2.56. The molecule has 1 aromatic heterocycles. The number of nitrogens with zero attached hydrogens (tertiary/aromatic N) is 2. The van der Waals surface area contributed by atoms with E-state index < -0.39 is 6.36 Å². The van der Waals surface area contributed by atoms with E-state index in [0.717, 1.165) is 11.3 Å². The van der Waals surface area contributed by atoms with Crippen molar-refractivity contribution < 1.29 is 17.9 Å². The number of ether oxygens (including phenoxy) is 1. The number of imidazole rings is 1. The van der Waals surface area contributed by atoms with Crippen LogP contribution in [0.15, 0.2) is 36.8 Å². The van der Waals surface area contributed by atoms with Crippen LogP contribution in [0.25, 0.3) is 0 Å². The van der Waals surface area contributed by atoms with Gasteiger partial charge in [0, 0.05) is 13.2 Å². The first-order valence-electron chi connectivity index (χ1n) is 5.91. The van der Waals surface area contributed by atoms with E-state index in [1.807, 2.05) is 13.2 Å². The van der Waals surface area contributed by atoms with Crippen molar-refractivity contribution in [2.24, 2.45) is 12.8 Å². The minimum absolute atomic E-state index is 0.243. The molecule has 0 amide bonds. The maximum Gasteiger partial charge on any atom is 0.573 e. The standard InChI is InChI=1S/C13H14F3N3O/c1-19-7-12(18-8-19)11(17)6-9-2-4-10(5-3-9)20-13(14,15)16/h2-5,7-8,11H,6,17H2,1H3. The molecule has 0 bridgehead atoms. The van der Waals surface area contributed by atoms with Gasteiger partial charge in [0.15, 0.2) is 0 Å². The second-order valence-electron chi connectivity index (χ2n) is 4.47. The van der Waals surface area contributed by atoms with Crippen LogP contribution in [0, 0.1) is 0 Å². The molecule has 1 unspecified atom stereocenters. The molecule has 0 aliphatic carbocycles. The Morgan fingerprint density at radius 1 is 1.30 bits per heavy atom. The zero-order valence-corrected chi connectivity index (χ0v) is 10.8. The molecule has 0 saturated heterocycles. The molecule has 108 valence electrons. The molecular weight excluding hydrogens is 271 g/mol. The van der Waals surface area contributed by atoms with Crippen LogP contribution in [-0.4, -0.2) is 15.9 Å². The second kappa shape index (κ2) is 5.54. The predicted molar refractivity (Wildman–Crippen MR) is 67.0 cm³/mol. The number of alkyl halides is 3. The van der Waals surface area contributed by atoms with Crippen molar-refractivity contribution in [1.29, 1.82) is 0 Å². The summed E-state index contributed by atoms with van der Waals surface area (Å²) in [6, 6.07) is 5.36. The topological polar surface area (TPSA) is 53.1 Å². The number of hydrogen-bond donors (Lipinski definition) is 1. The van der Waals surface area contributed by atoms with Gasteiger partial charge in [0.2, 0.25) is 0 Å². The third kappa shape index (κ3) is 3.99. The summed E-state index contributed by atoms with van der Waals surface area (Å²) in [6.45, 7) is 0. The van der Waals surface area contributed by atoms with Gasteiger partial charge in [0.25, 0.3) is 0 Å². The molecule has 4 nitrogen and oxygen atoms in total. The fourth-order valence-electron chi connectivity index (χ4n) is 1.81. The van der Waals surface area contributed by atoms with E-state index in [-0.39, 0.29) is 11.8 Å². The number of benzene rings is 1. The van der Waals surface area contributed by atoms with Gasteiger partial charge in [-0.15, -0.1) is 13.2 Å². The quantitative estimate of drug-likeness (QED) is 0.939. The van der Waals surface area contributed by atoms with Crippen LogP contribution in [0.2, 0.25) is 0 Å². The zero-order chi connectivity index (χ0) is 14.8. The number of aryl methyl sites for hydroxylation is 1. The van der Waals surface area contributed by atoms with Crippen LogP contribution in [0.1, 0.15) is 17.3 Å². The number of nitrogens with two attached hydrogens (primary N) is 1. The van der Waals surface area contributed by atoms with Crippen LogP contribution in [0.5, 0.6) is 5.75 Å². The summed E-state index contributed by atoms with van der Waals surface area (Å²) in [5.74, 6) is -0.243. The van der Waals surface area contributed by atoms with Crippen molar-refractivity contribution >= 4 is 0 Å². The molecule has 20 heavy (non-hydrogen) atoms. The Kier molecular flexibility index (Phi) is 3.99. The molecular formula is C13H14F3N3O. The van der Waals surface area contributed by atoms with Crippen LogP contribution < -0.4 is 10.5 Å². The SMILES string of the molecule is Cn1cnc(C(N)Cc2ccc(OC(F)(F)F)cc2)c1. The lowest BCUT2D eigenvalue weighted by Gasteiger charge is -2.11. The Morgan fingerprint density at radius 2 is 1.95 bits per heavy atom. The van der Waals surface area contributed by atoms with Crippen molar-refractivity contribution in [3.63, 3.8) is 0 Å². The second-order valence-corrected chi connectivity index (χ2v) is 4.47. The normalized spacial score (nSPS) is 13.2. The maximum atomic E-state index is 12.0. The molecule has 0 fully saturated rings. The number of rotatable bonds is 4. The summed E-state index contributed by atoms with van der Waals surface area (Å²) < 4.78 is 41.7. The zero-order valence-electron chi connectivity index (χ0n) is 10.8. The van der Waals surface area contributed by atoms with Crippen molar-refractivity contribution in [3.8, 4) is 5.75 Å². The highest BCUT2D eigenvalue weighted by molar-refractivity contribution is 5.28. The highest BCUT2D eigenvalue weighted by Crippen LogP contribution is 2.23. The molecule has 2 aromatic rings. The molecule has 0 saturated carbocycles. The first-order valence-corrected chi connectivity index (χ1v) is 5.91. The third-order valence-corrected chi connectivity index (χ3v) is 2.72. The fourth-order valence-corrected chi connectivity index (χ4v) is 1.81. The molecule has 0 aliphatic rings. The monoisotopic (exact) mass is 285 g/mol. The van der Waals surface area contributed by atoms with E-state index in [2.05, 4.69) is 9.72 Å². The molecule has 2 N–H and O–H groups in total. The third-order valence-electron chi connectivity index (χ3n) is 2.72. The Hall–Kier alpha value is -2.02. The van der Waals surface area contributed by atoms with Crippen molar-refractivity contribution in [2.75, 3.05) is 0 Å². The van der Waals surface area contributed by atoms with Gasteiger partial charge in [-0.25, -0.2) is 4.98 Å². The average Bonchev–Trinajstić information content (AvgIpc) is 2.77. The van der Waals surface area contributed by atoms with Gasteiger partial charge in [-0.05, 0) is 24.1 Å². The van der Waals surface area contributed by atoms with Crippen molar-refractivity contribution in [3.05, 3.63) is 48.0 Å². The van der Waals surface area contributed by atoms with E-state index in [0.29, 0.717) is 6.42 Å². The molecule has 2 rings (SSSR count). The van der Waals surface area contributed by atoms with Crippen LogP contribution in [0.3, 0.4) is 0 Å². The summed E-state index contributed by atoms with van der Waals surface area (Å²) in [4.78, 5) is 4.14. The molecule has 0 spiro atoms. The van der Waals surface area contributed by atoms with Crippen molar-refractivity contribution in [1.82, 2.24) is 9.55 Å². The van der Waals surface area contributed by atoms with Gasteiger partial charge >= 0.3 is 6.36 Å². The van der Waals surface area contributed by atoms with Crippen LogP contribution in [0.4, 0.5) is 13.2 Å². The van der Waals surface area contributed by atoms with Gasteiger partial charge < -0.3 is 15.0 Å². The summed E-state index contributed by atoms with van der Waals surface area (Å²) in [5, 5.41) is 0. The Morgan fingerprint density at radius 3 is 2.45 bits per heavy atom. The number of halogens is 3. The lowest BCUT2D eigenvalue weighted by molar-refractivity contribution is -0.274. The molecule has 1 atom stereocenters. The Labute approximate surface area is 114 Å². The average molecular weight is 285 g/mol. The molecule has 7 heteroatoms. The summed E-state index contributed by atoms with van der Waals surface area (Å²) in [5.41, 5.74) is 7.55. The van der Waals surface area contributed by atoms with E-state index in [1.165, 1.54) is 12.1 Å². The van der Waals surface area contributed by atoms with Crippen molar-refractivity contribution in [2.45, 2.75) is 18.8 Å². The molecule has 0 aliphatic heterocycles. The van der Waals surface area contributed by atoms with Gasteiger partial charge in [0.1, 0.15) is 5.75 Å². The summed E-state index contributed by atoms with van der Waals surface area (Å²) in [6.07, 6.45) is -0.726. The first-order chi connectivity index (χ1) is 9.33. The molecule has 1 aromatic carbocycles. The minimum atomic E-state index is -4.67. The summed E-state index contributed by atoms with van der Waals surface area (Å²) in [7, 11) is 1.84. The highest BCUT2D eigenvalue weighted by atomic mass is 19.4. The fraction of sp³-hybridized carbons (Fsp3) is 0.308. The number of aromatic nitrogens is 2. The minimum Gasteiger partial charge on any atom is -0.406 e. The van der Waals surface area contributed by atoms with E-state index in [9.17, 15) is 13.2 Å². The summed E-state index contributed by atoms with van der Waals surface area (Å²) >= 11 is 0. The lowest BCUT2D eigenvalue weighted by Crippen LogP contribution is -2.17. The Bertz CT molecular complexity index is 563. The smallest absolute Gasteiger partial charge is 0.406 e.